The molecule has 0 radical (unpaired) electrons. The minimum absolute atomic E-state index is 0.0528. The van der Waals surface area contributed by atoms with Crippen LogP contribution in [0.25, 0.3) is 0 Å². The van der Waals surface area contributed by atoms with Crippen LogP contribution in [0.5, 0.6) is 0 Å². The van der Waals surface area contributed by atoms with E-state index in [9.17, 15) is 0 Å². The Bertz CT molecular complexity index is 366. The Morgan fingerprint density at radius 3 is 2.40 bits per heavy atom. The average molecular weight is 241 g/mol. The van der Waals surface area contributed by atoms with Crippen molar-refractivity contribution in [3.8, 4) is 0 Å². The van der Waals surface area contributed by atoms with E-state index >= 15 is 0 Å². The molecule has 1 aliphatic heterocycles. The molecule has 15 heavy (non-hydrogen) atoms. The fourth-order valence-electron chi connectivity index (χ4n) is 2.13. The zero-order valence-electron chi connectivity index (χ0n) is 9.51. The molecule has 2 rings (SSSR count). The lowest BCUT2D eigenvalue weighted by Crippen LogP contribution is -2.27. The van der Waals surface area contributed by atoms with Gasteiger partial charge in [0.1, 0.15) is 5.60 Å². The van der Waals surface area contributed by atoms with Crippen molar-refractivity contribution in [2.75, 3.05) is 6.61 Å². The quantitative estimate of drug-likeness (QED) is 0.577. The Balaban J connectivity index is 2.27. The van der Waals surface area contributed by atoms with E-state index in [2.05, 4.69) is 25.7 Å². The Kier molecular flexibility index (Phi) is 2.69. The molecule has 1 unspecified atom stereocenters. The number of benzene rings is 1. The molecule has 1 nitrogen and oxygen atoms in total. The second-order valence-corrected chi connectivity index (χ2v) is 11.4. The second-order valence-electron chi connectivity index (χ2n) is 5.50. The smallest absolute Gasteiger partial charge is 0.116 e. The lowest BCUT2D eigenvalue weighted by molar-refractivity contribution is 0.327. The van der Waals surface area contributed by atoms with Crippen LogP contribution in [0.3, 0.4) is 0 Å². The highest BCUT2D eigenvalue weighted by Crippen LogP contribution is 2.47. The third-order valence-corrected chi connectivity index (χ3v) is 4.63. The maximum atomic E-state index is 6.21. The summed E-state index contributed by atoms with van der Waals surface area (Å²) in [6.45, 7) is 7.94. The van der Waals surface area contributed by atoms with Gasteiger partial charge in [0.15, 0.2) is 0 Å². The summed E-state index contributed by atoms with van der Waals surface area (Å²) in [5.74, 6) is 0. The van der Waals surface area contributed by atoms with E-state index in [0.29, 0.717) is 0 Å². The number of halogens is 1. The van der Waals surface area contributed by atoms with E-state index in [1.54, 1.807) is 0 Å². The van der Waals surface area contributed by atoms with Crippen LogP contribution in [-0.4, -0.2) is 14.7 Å². The van der Waals surface area contributed by atoms with E-state index in [0.717, 1.165) is 17.7 Å². The molecule has 1 aromatic carbocycles. The third kappa shape index (κ3) is 2.44. The number of hydrogen-bond acceptors (Lipinski definition) is 1. The normalized spacial score (nSPS) is 25.3. The molecule has 82 valence electrons. The fraction of sp³-hybridized carbons (Fsp3) is 0.500. The van der Waals surface area contributed by atoms with Crippen molar-refractivity contribution >= 4 is 19.7 Å². The van der Waals surface area contributed by atoms with Crippen molar-refractivity contribution in [2.45, 2.75) is 31.3 Å². The maximum Gasteiger partial charge on any atom is 0.116 e. The van der Waals surface area contributed by atoms with Crippen LogP contribution in [0.15, 0.2) is 24.3 Å². The Morgan fingerprint density at radius 1 is 1.33 bits per heavy atom. The summed E-state index contributed by atoms with van der Waals surface area (Å²) in [6.07, 6.45) is 0. The first kappa shape index (κ1) is 11.2. The Labute approximate surface area is 97.4 Å². The van der Waals surface area contributed by atoms with Crippen LogP contribution >= 0.6 is 11.6 Å². The molecular formula is C12H17ClOSi. The highest BCUT2D eigenvalue weighted by molar-refractivity contribution is 6.76. The maximum absolute atomic E-state index is 6.21. The van der Waals surface area contributed by atoms with Crippen LogP contribution in [0.1, 0.15) is 5.56 Å². The molecule has 0 spiro atoms. The molecule has 0 aliphatic carbocycles. The molecular weight excluding hydrogens is 224 g/mol. The van der Waals surface area contributed by atoms with E-state index < -0.39 is 8.07 Å². The second kappa shape index (κ2) is 3.61. The number of ether oxygens (including phenoxy) is 1. The van der Waals surface area contributed by atoms with Crippen molar-refractivity contribution in [3.05, 3.63) is 34.9 Å². The Hall–Kier alpha value is -0.313. The molecule has 3 heteroatoms. The highest BCUT2D eigenvalue weighted by atomic mass is 35.5. The molecule has 0 bridgehead atoms. The number of hydrogen-bond donors (Lipinski definition) is 0. The minimum atomic E-state index is -1.12. The monoisotopic (exact) mass is 240 g/mol. The molecule has 1 atom stereocenters. The topological polar surface area (TPSA) is 12.5 Å². The summed E-state index contributed by atoms with van der Waals surface area (Å²) < 4.78 is 5.69. The fourth-order valence-corrected chi connectivity index (χ4v) is 4.54. The highest BCUT2D eigenvalue weighted by Gasteiger charge is 2.50. The zero-order valence-corrected chi connectivity index (χ0v) is 11.3. The summed E-state index contributed by atoms with van der Waals surface area (Å²) in [4.78, 5) is 0. The molecule has 1 fully saturated rings. The summed E-state index contributed by atoms with van der Waals surface area (Å²) in [6, 6.07) is 9.20. The van der Waals surface area contributed by atoms with Crippen LogP contribution < -0.4 is 0 Å². The van der Waals surface area contributed by atoms with E-state index in [1.807, 2.05) is 18.2 Å². The Morgan fingerprint density at radius 2 is 1.93 bits per heavy atom. The molecule has 0 N–H and O–H groups in total. The van der Waals surface area contributed by atoms with Gasteiger partial charge in [0.25, 0.3) is 0 Å². The van der Waals surface area contributed by atoms with Crippen LogP contribution in [0.4, 0.5) is 0 Å². The summed E-state index contributed by atoms with van der Waals surface area (Å²) in [5, 5.41) is 0.841. The van der Waals surface area contributed by atoms with E-state index in [1.165, 1.54) is 5.56 Å². The largest absolute Gasteiger partial charge is 0.365 e. The van der Waals surface area contributed by atoms with Crippen molar-refractivity contribution < 1.29 is 4.74 Å². The average Bonchev–Trinajstić information content (AvgIpc) is 2.83. The van der Waals surface area contributed by atoms with Crippen molar-refractivity contribution in [1.29, 1.82) is 0 Å². The molecule has 1 saturated heterocycles. The number of rotatable bonds is 3. The van der Waals surface area contributed by atoms with Gasteiger partial charge in [-0.05, 0) is 12.1 Å². The summed E-state index contributed by atoms with van der Waals surface area (Å²) >= 11 is 6.21. The van der Waals surface area contributed by atoms with E-state index in [4.69, 9.17) is 16.3 Å². The molecule has 0 aromatic heterocycles. The predicted molar refractivity (Wildman–Crippen MR) is 67.2 cm³/mol. The van der Waals surface area contributed by atoms with Gasteiger partial charge in [0, 0.05) is 18.7 Å². The third-order valence-electron chi connectivity index (χ3n) is 2.67. The molecule has 1 heterocycles. The van der Waals surface area contributed by atoms with Gasteiger partial charge >= 0.3 is 0 Å². The minimum Gasteiger partial charge on any atom is -0.365 e. The van der Waals surface area contributed by atoms with Gasteiger partial charge in [-0.1, -0.05) is 49.4 Å². The van der Waals surface area contributed by atoms with Crippen molar-refractivity contribution in [2.24, 2.45) is 0 Å². The zero-order chi connectivity index (χ0) is 11.1. The van der Waals surface area contributed by atoms with Gasteiger partial charge in [-0.2, -0.15) is 0 Å². The lowest BCUT2D eigenvalue weighted by atomic mass is 10.0. The first-order chi connectivity index (χ1) is 6.93. The van der Waals surface area contributed by atoms with Crippen molar-refractivity contribution in [1.82, 2.24) is 0 Å². The molecule has 1 aromatic rings. The molecule has 0 saturated carbocycles. The standard InChI is InChI=1S/C12H17ClOSi/c1-15(2,3)9-12(8-14-12)10-6-4-5-7-11(10)13/h4-7H,8-9H2,1-3H3. The van der Waals surface area contributed by atoms with Crippen LogP contribution in [0.2, 0.25) is 30.7 Å². The van der Waals surface area contributed by atoms with Crippen LogP contribution in [-0.2, 0) is 10.3 Å². The van der Waals surface area contributed by atoms with E-state index in [-0.39, 0.29) is 5.60 Å². The molecule has 0 amide bonds. The number of epoxide rings is 1. The summed E-state index contributed by atoms with van der Waals surface area (Å²) in [7, 11) is -1.12. The van der Waals surface area contributed by atoms with Gasteiger partial charge in [-0.25, -0.2) is 0 Å². The van der Waals surface area contributed by atoms with Gasteiger partial charge in [-0.15, -0.1) is 0 Å². The SMILES string of the molecule is C[Si](C)(C)CC1(c2ccccc2Cl)CO1. The predicted octanol–water partition coefficient (Wildman–Crippen LogP) is 3.90. The van der Waals surface area contributed by atoms with Gasteiger partial charge < -0.3 is 4.74 Å². The van der Waals surface area contributed by atoms with Crippen LogP contribution in [0, 0.1) is 0 Å². The van der Waals surface area contributed by atoms with Gasteiger partial charge in [-0.3, -0.25) is 0 Å². The van der Waals surface area contributed by atoms with Crippen molar-refractivity contribution in [3.63, 3.8) is 0 Å². The summed E-state index contributed by atoms with van der Waals surface area (Å²) in [5.41, 5.74) is 1.12. The lowest BCUT2D eigenvalue weighted by Gasteiger charge is -2.22. The van der Waals surface area contributed by atoms with Gasteiger partial charge in [0.05, 0.1) is 6.61 Å². The first-order valence-corrected chi connectivity index (χ1v) is 9.40. The first-order valence-electron chi connectivity index (χ1n) is 5.32. The van der Waals surface area contributed by atoms with Gasteiger partial charge in [0.2, 0.25) is 0 Å². The molecule has 1 aliphatic rings.